The molecule has 0 heterocycles. The van der Waals surface area contributed by atoms with Crippen LogP contribution in [0, 0.1) is 0 Å². The Hall–Kier alpha value is -2.06. The third-order valence-electron chi connectivity index (χ3n) is 4.70. The molecule has 1 unspecified atom stereocenters. The molecule has 2 aromatic rings. The molecule has 1 atom stereocenters. The van der Waals surface area contributed by atoms with Gasteiger partial charge in [-0.15, -0.1) is 0 Å². The Morgan fingerprint density at radius 2 is 1.54 bits per heavy atom. The second-order valence-corrected chi connectivity index (χ2v) is 6.54. The number of aliphatic hydroxyl groups is 1. The van der Waals surface area contributed by atoms with E-state index in [0.29, 0.717) is 6.42 Å². The second kappa shape index (κ2) is 8.70. The summed E-state index contributed by atoms with van der Waals surface area (Å²) in [7, 11) is 0. The highest BCUT2D eigenvalue weighted by Crippen LogP contribution is 2.31. The van der Waals surface area contributed by atoms with Crippen LogP contribution in [-0.2, 0) is 0 Å². The summed E-state index contributed by atoms with van der Waals surface area (Å²) in [6.45, 7) is 8.31. The van der Waals surface area contributed by atoms with Gasteiger partial charge >= 0.3 is 0 Å². The van der Waals surface area contributed by atoms with Crippen molar-refractivity contribution in [2.24, 2.45) is 0 Å². The zero-order chi connectivity index (χ0) is 17.4. The Morgan fingerprint density at radius 3 is 2.08 bits per heavy atom. The average Bonchev–Trinajstić information content (AvgIpc) is 2.62. The molecule has 2 nitrogen and oxygen atoms in total. The van der Waals surface area contributed by atoms with Crippen molar-refractivity contribution in [3.05, 3.63) is 78.4 Å². The lowest BCUT2D eigenvalue weighted by Crippen LogP contribution is -2.27. The van der Waals surface area contributed by atoms with E-state index in [0.717, 1.165) is 30.5 Å². The van der Waals surface area contributed by atoms with Crippen LogP contribution >= 0.6 is 0 Å². The molecule has 2 aromatic carbocycles. The van der Waals surface area contributed by atoms with Gasteiger partial charge in [-0.05, 0) is 43.4 Å². The summed E-state index contributed by atoms with van der Waals surface area (Å²) in [5, 5.41) is 14.2. The van der Waals surface area contributed by atoms with E-state index >= 15 is 0 Å². The fourth-order valence-corrected chi connectivity index (χ4v) is 3.00. The van der Waals surface area contributed by atoms with Crippen LogP contribution in [0.2, 0.25) is 0 Å². The fraction of sp³-hybridized carbons (Fsp3) is 0.364. The SMILES string of the molecule is C=C(CC(Nc1ccccc1)c1ccccc1)CC(O)(CC)CC. The van der Waals surface area contributed by atoms with E-state index in [9.17, 15) is 5.11 Å². The maximum atomic E-state index is 10.6. The van der Waals surface area contributed by atoms with Crippen LogP contribution < -0.4 is 5.32 Å². The molecule has 2 N–H and O–H groups in total. The van der Waals surface area contributed by atoms with Crippen LogP contribution in [0.15, 0.2) is 72.8 Å². The van der Waals surface area contributed by atoms with Gasteiger partial charge in [0.1, 0.15) is 0 Å². The van der Waals surface area contributed by atoms with Crippen LogP contribution in [0.1, 0.15) is 51.1 Å². The zero-order valence-corrected chi connectivity index (χ0v) is 14.8. The van der Waals surface area contributed by atoms with Crippen molar-refractivity contribution in [2.75, 3.05) is 5.32 Å². The monoisotopic (exact) mass is 323 g/mol. The topological polar surface area (TPSA) is 32.3 Å². The molecule has 0 aromatic heterocycles. The molecule has 24 heavy (non-hydrogen) atoms. The van der Waals surface area contributed by atoms with Gasteiger partial charge in [-0.2, -0.15) is 0 Å². The van der Waals surface area contributed by atoms with E-state index in [1.807, 2.05) is 38.1 Å². The predicted octanol–water partition coefficient (Wildman–Crippen LogP) is 5.73. The molecule has 128 valence electrons. The molecule has 0 amide bonds. The van der Waals surface area contributed by atoms with E-state index in [1.54, 1.807) is 0 Å². The van der Waals surface area contributed by atoms with Crippen molar-refractivity contribution < 1.29 is 5.11 Å². The first kappa shape index (κ1) is 18.3. The summed E-state index contributed by atoms with van der Waals surface area (Å²) in [6, 6.07) is 20.8. The van der Waals surface area contributed by atoms with E-state index in [-0.39, 0.29) is 6.04 Å². The lowest BCUT2D eigenvalue weighted by Gasteiger charge is -2.28. The van der Waals surface area contributed by atoms with Crippen LogP contribution in [-0.4, -0.2) is 10.7 Å². The van der Waals surface area contributed by atoms with Crippen LogP contribution in [0.25, 0.3) is 0 Å². The van der Waals surface area contributed by atoms with Crippen LogP contribution in [0.5, 0.6) is 0 Å². The predicted molar refractivity (Wildman–Crippen MR) is 103 cm³/mol. The maximum absolute atomic E-state index is 10.6. The Kier molecular flexibility index (Phi) is 6.62. The molecule has 0 fully saturated rings. The molecule has 0 saturated carbocycles. The Balaban J connectivity index is 2.13. The molecule has 0 spiro atoms. The molecule has 2 heteroatoms. The van der Waals surface area contributed by atoms with E-state index < -0.39 is 5.60 Å². The van der Waals surface area contributed by atoms with Gasteiger partial charge in [-0.1, -0.05) is 74.5 Å². The van der Waals surface area contributed by atoms with Crippen molar-refractivity contribution in [3.63, 3.8) is 0 Å². The third kappa shape index (κ3) is 5.24. The number of para-hydroxylation sites is 1. The second-order valence-electron chi connectivity index (χ2n) is 6.54. The number of anilines is 1. The highest BCUT2D eigenvalue weighted by Gasteiger charge is 2.24. The summed E-state index contributed by atoms with van der Waals surface area (Å²) in [5.41, 5.74) is 2.78. The quantitative estimate of drug-likeness (QED) is 0.578. The molecule has 2 rings (SSSR count). The van der Waals surface area contributed by atoms with Gasteiger partial charge in [0.05, 0.1) is 11.6 Å². The number of hydrogen-bond donors (Lipinski definition) is 2. The minimum atomic E-state index is -0.634. The van der Waals surface area contributed by atoms with E-state index in [4.69, 9.17) is 0 Å². The lowest BCUT2D eigenvalue weighted by molar-refractivity contribution is 0.0319. The van der Waals surface area contributed by atoms with E-state index in [2.05, 4.69) is 48.3 Å². The van der Waals surface area contributed by atoms with Gasteiger partial charge < -0.3 is 10.4 Å². The van der Waals surface area contributed by atoms with Crippen molar-refractivity contribution >= 4 is 5.69 Å². The van der Waals surface area contributed by atoms with Crippen LogP contribution in [0.4, 0.5) is 5.69 Å². The van der Waals surface area contributed by atoms with Gasteiger partial charge in [0.2, 0.25) is 0 Å². The molecule has 0 saturated heterocycles. The Labute approximate surface area is 146 Å². The standard InChI is InChI=1S/C22H29NO/c1-4-22(24,5-2)17-18(3)16-21(19-12-8-6-9-13-19)23-20-14-10-7-11-15-20/h6-15,21,23-24H,3-5,16-17H2,1-2H3. The van der Waals surface area contributed by atoms with Crippen molar-refractivity contribution in [1.82, 2.24) is 0 Å². The molecule has 0 aliphatic heterocycles. The molecule has 0 aliphatic rings. The van der Waals surface area contributed by atoms with Crippen LogP contribution in [0.3, 0.4) is 0 Å². The number of hydrogen-bond acceptors (Lipinski definition) is 2. The van der Waals surface area contributed by atoms with Gasteiger partial charge in [-0.3, -0.25) is 0 Å². The van der Waals surface area contributed by atoms with Gasteiger partial charge in [-0.25, -0.2) is 0 Å². The zero-order valence-electron chi connectivity index (χ0n) is 14.8. The first-order valence-electron chi connectivity index (χ1n) is 8.82. The van der Waals surface area contributed by atoms with Crippen molar-refractivity contribution in [1.29, 1.82) is 0 Å². The lowest BCUT2D eigenvalue weighted by atomic mass is 9.86. The summed E-state index contributed by atoms with van der Waals surface area (Å²) in [6.07, 6.45) is 2.97. The minimum Gasteiger partial charge on any atom is -0.390 e. The normalized spacial score (nSPS) is 12.6. The first-order chi connectivity index (χ1) is 11.6. The average molecular weight is 323 g/mol. The van der Waals surface area contributed by atoms with Gasteiger partial charge in [0.25, 0.3) is 0 Å². The van der Waals surface area contributed by atoms with Crippen molar-refractivity contribution in [3.8, 4) is 0 Å². The smallest absolute Gasteiger partial charge is 0.0679 e. The number of rotatable bonds is 9. The molecular formula is C22H29NO. The molecule has 0 bridgehead atoms. The minimum absolute atomic E-state index is 0.152. The molecule has 0 aliphatic carbocycles. The molecular weight excluding hydrogens is 294 g/mol. The maximum Gasteiger partial charge on any atom is 0.0679 e. The first-order valence-corrected chi connectivity index (χ1v) is 8.82. The van der Waals surface area contributed by atoms with E-state index in [1.165, 1.54) is 5.56 Å². The summed E-state index contributed by atoms with van der Waals surface area (Å²) in [4.78, 5) is 0. The number of benzene rings is 2. The Bertz CT molecular complexity index is 617. The largest absolute Gasteiger partial charge is 0.390 e. The van der Waals surface area contributed by atoms with Gasteiger partial charge in [0.15, 0.2) is 0 Å². The summed E-state index contributed by atoms with van der Waals surface area (Å²) in [5.74, 6) is 0. The number of nitrogens with one attached hydrogen (secondary N) is 1. The summed E-state index contributed by atoms with van der Waals surface area (Å²) < 4.78 is 0. The fourth-order valence-electron chi connectivity index (χ4n) is 3.00. The Morgan fingerprint density at radius 1 is 1.00 bits per heavy atom. The van der Waals surface area contributed by atoms with Crippen molar-refractivity contribution in [2.45, 2.75) is 51.2 Å². The third-order valence-corrected chi connectivity index (χ3v) is 4.70. The molecule has 0 radical (unpaired) electrons. The van der Waals surface area contributed by atoms with Gasteiger partial charge in [0, 0.05) is 5.69 Å². The highest BCUT2D eigenvalue weighted by molar-refractivity contribution is 5.45. The summed E-state index contributed by atoms with van der Waals surface area (Å²) >= 11 is 0. The highest BCUT2D eigenvalue weighted by atomic mass is 16.3.